The summed E-state index contributed by atoms with van der Waals surface area (Å²) in [6.45, 7) is 4.67. The lowest BCUT2D eigenvalue weighted by molar-refractivity contribution is -0.150. The van der Waals surface area contributed by atoms with Gasteiger partial charge in [0.25, 0.3) is 0 Å². The van der Waals surface area contributed by atoms with Crippen LogP contribution in [-0.2, 0) is 9.53 Å². The van der Waals surface area contributed by atoms with E-state index in [4.69, 9.17) is 9.47 Å². The summed E-state index contributed by atoms with van der Waals surface area (Å²) in [5, 5.41) is 9.95. The molecule has 1 unspecified atom stereocenters. The molecule has 1 aliphatic rings. The van der Waals surface area contributed by atoms with Crippen LogP contribution in [0.4, 0.5) is 0 Å². The van der Waals surface area contributed by atoms with E-state index in [0.29, 0.717) is 30.3 Å². The molecule has 0 bridgehead atoms. The van der Waals surface area contributed by atoms with Crippen molar-refractivity contribution in [2.24, 2.45) is 0 Å². The molecule has 1 atom stereocenters. The zero-order valence-corrected chi connectivity index (χ0v) is 10.6. The molecule has 0 amide bonds. The molecule has 1 aromatic rings. The quantitative estimate of drug-likeness (QED) is 0.803. The van der Waals surface area contributed by atoms with Gasteiger partial charge in [0, 0.05) is 5.56 Å². The minimum Gasteiger partial charge on any atom is -0.486 e. The van der Waals surface area contributed by atoms with Gasteiger partial charge in [-0.3, -0.25) is 0 Å². The van der Waals surface area contributed by atoms with Crippen molar-refractivity contribution in [3.63, 3.8) is 0 Å². The Morgan fingerprint density at radius 1 is 1.33 bits per heavy atom. The molecule has 5 nitrogen and oxygen atoms in total. The molecule has 0 saturated carbocycles. The van der Waals surface area contributed by atoms with Gasteiger partial charge >= 0.3 is 5.97 Å². The van der Waals surface area contributed by atoms with Crippen LogP contribution in [0.15, 0.2) is 6.07 Å². The minimum atomic E-state index is -1.36. The van der Waals surface area contributed by atoms with Crippen molar-refractivity contribution in [1.29, 1.82) is 0 Å². The van der Waals surface area contributed by atoms with Crippen LogP contribution in [0.1, 0.15) is 22.8 Å². The molecular weight excluding hydrogens is 236 g/mol. The normalized spacial score (nSPS) is 15.1. The van der Waals surface area contributed by atoms with Gasteiger partial charge in [0.05, 0.1) is 7.11 Å². The molecular formula is C13H16O5. The highest BCUT2D eigenvalue weighted by molar-refractivity contribution is 5.78. The second kappa shape index (κ2) is 4.86. The number of hydrogen-bond donors (Lipinski definition) is 1. The van der Waals surface area contributed by atoms with Crippen molar-refractivity contribution in [1.82, 2.24) is 0 Å². The van der Waals surface area contributed by atoms with E-state index < -0.39 is 12.1 Å². The maximum atomic E-state index is 11.4. The predicted molar refractivity (Wildman–Crippen MR) is 63.9 cm³/mol. The van der Waals surface area contributed by atoms with Crippen molar-refractivity contribution in [3.05, 3.63) is 22.8 Å². The third-order valence-corrected chi connectivity index (χ3v) is 3.07. The van der Waals surface area contributed by atoms with Gasteiger partial charge in [-0.15, -0.1) is 0 Å². The van der Waals surface area contributed by atoms with E-state index in [0.717, 1.165) is 11.1 Å². The van der Waals surface area contributed by atoms with Crippen LogP contribution in [0.2, 0.25) is 0 Å². The highest BCUT2D eigenvalue weighted by Crippen LogP contribution is 2.41. The van der Waals surface area contributed by atoms with Gasteiger partial charge in [-0.1, -0.05) is 0 Å². The number of ether oxygens (including phenoxy) is 3. The lowest BCUT2D eigenvalue weighted by atomic mass is 9.99. The van der Waals surface area contributed by atoms with Crippen LogP contribution < -0.4 is 9.47 Å². The summed E-state index contributed by atoms with van der Waals surface area (Å²) >= 11 is 0. The van der Waals surface area contributed by atoms with Gasteiger partial charge < -0.3 is 19.3 Å². The summed E-state index contributed by atoms with van der Waals surface area (Å²) in [6.07, 6.45) is -1.36. The fraction of sp³-hybridized carbons (Fsp3) is 0.462. The number of esters is 1. The van der Waals surface area contributed by atoms with E-state index >= 15 is 0 Å². The molecule has 1 heterocycles. The van der Waals surface area contributed by atoms with E-state index in [-0.39, 0.29) is 0 Å². The molecule has 18 heavy (non-hydrogen) atoms. The summed E-state index contributed by atoms with van der Waals surface area (Å²) < 4.78 is 15.6. The number of carbonyl (C=O) groups is 1. The Morgan fingerprint density at radius 2 is 1.94 bits per heavy atom. The fourth-order valence-corrected chi connectivity index (χ4v) is 1.94. The van der Waals surface area contributed by atoms with Gasteiger partial charge in [-0.25, -0.2) is 4.79 Å². The molecule has 98 valence electrons. The average Bonchev–Trinajstić information content (AvgIpc) is 2.41. The first-order chi connectivity index (χ1) is 8.56. The number of hydrogen-bond acceptors (Lipinski definition) is 5. The summed E-state index contributed by atoms with van der Waals surface area (Å²) in [5.74, 6) is 0.316. The Hall–Kier alpha value is -1.75. The second-order valence-electron chi connectivity index (χ2n) is 4.19. The zero-order chi connectivity index (χ0) is 13.3. The van der Waals surface area contributed by atoms with Crippen molar-refractivity contribution < 1.29 is 24.1 Å². The third-order valence-electron chi connectivity index (χ3n) is 3.07. The molecule has 0 radical (unpaired) electrons. The highest BCUT2D eigenvalue weighted by atomic mass is 16.6. The monoisotopic (exact) mass is 252 g/mol. The number of aliphatic hydroxyl groups excluding tert-OH is 1. The third kappa shape index (κ3) is 2.01. The van der Waals surface area contributed by atoms with E-state index in [1.807, 2.05) is 13.8 Å². The topological polar surface area (TPSA) is 65.0 Å². The van der Waals surface area contributed by atoms with E-state index in [1.54, 1.807) is 6.07 Å². The van der Waals surface area contributed by atoms with Gasteiger partial charge in [-0.05, 0) is 31.0 Å². The number of fused-ring (bicyclic) bond motifs is 1. The Kier molecular flexibility index (Phi) is 3.43. The van der Waals surface area contributed by atoms with Gasteiger partial charge in [0.2, 0.25) is 0 Å². The number of methoxy groups -OCH3 is 1. The lowest BCUT2D eigenvalue weighted by Crippen LogP contribution is -2.21. The predicted octanol–water partition coefficient (Wildman–Crippen LogP) is 1.28. The maximum absolute atomic E-state index is 11.4. The largest absolute Gasteiger partial charge is 0.486 e. The summed E-state index contributed by atoms with van der Waals surface area (Å²) in [6, 6.07) is 1.73. The smallest absolute Gasteiger partial charge is 0.339 e. The Labute approximate surface area is 105 Å². The standard InChI is InChI=1S/C13H16O5/c1-7-6-9(10(14)13(15)16-3)12-11(8(7)2)17-4-5-18-12/h6,10,14H,4-5H2,1-3H3. The fourth-order valence-electron chi connectivity index (χ4n) is 1.94. The Morgan fingerprint density at radius 3 is 2.56 bits per heavy atom. The summed E-state index contributed by atoms with van der Waals surface area (Å²) in [5.41, 5.74) is 2.27. The molecule has 0 fully saturated rings. The van der Waals surface area contributed by atoms with E-state index in [1.165, 1.54) is 7.11 Å². The van der Waals surface area contributed by atoms with Crippen molar-refractivity contribution in [3.8, 4) is 11.5 Å². The molecule has 1 aliphatic heterocycles. The second-order valence-corrected chi connectivity index (χ2v) is 4.19. The number of aryl methyl sites for hydroxylation is 1. The van der Waals surface area contributed by atoms with E-state index in [9.17, 15) is 9.90 Å². The molecule has 1 aromatic carbocycles. The number of rotatable bonds is 2. The van der Waals surface area contributed by atoms with Crippen molar-refractivity contribution in [2.75, 3.05) is 20.3 Å². The maximum Gasteiger partial charge on any atom is 0.339 e. The molecule has 1 N–H and O–H groups in total. The Balaban J connectivity index is 2.54. The highest BCUT2D eigenvalue weighted by Gasteiger charge is 2.28. The SMILES string of the molecule is COC(=O)C(O)c1cc(C)c(C)c2c1OCCO2. The summed E-state index contributed by atoms with van der Waals surface area (Å²) in [4.78, 5) is 11.4. The first-order valence-electron chi connectivity index (χ1n) is 5.71. The van der Waals surface area contributed by atoms with Gasteiger partial charge in [-0.2, -0.15) is 0 Å². The number of benzene rings is 1. The molecule has 0 saturated heterocycles. The molecule has 5 heteroatoms. The zero-order valence-electron chi connectivity index (χ0n) is 10.6. The molecule has 0 aliphatic carbocycles. The van der Waals surface area contributed by atoms with Crippen LogP contribution in [0.25, 0.3) is 0 Å². The van der Waals surface area contributed by atoms with Crippen LogP contribution >= 0.6 is 0 Å². The Bertz CT molecular complexity index is 481. The van der Waals surface area contributed by atoms with Gasteiger partial charge in [0.15, 0.2) is 17.6 Å². The average molecular weight is 252 g/mol. The first-order valence-corrected chi connectivity index (χ1v) is 5.71. The molecule has 0 aromatic heterocycles. The number of aliphatic hydroxyl groups is 1. The van der Waals surface area contributed by atoms with Crippen LogP contribution in [0.3, 0.4) is 0 Å². The van der Waals surface area contributed by atoms with Crippen molar-refractivity contribution >= 4 is 5.97 Å². The lowest BCUT2D eigenvalue weighted by Gasteiger charge is -2.25. The first kappa shape index (κ1) is 12.7. The minimum absolute atomic E-state index is 0.389. The molecule has 2 rings (SSSR count). The van der Waals surface area contributed by atoms with Crippen LogP contribution in [0.5, 0.6) is 11.5 Å². The van der Waals surface area contributed by atoms with Crippen LogP contribution in [-0.4, -0.2) is 31.4 Å². The summed E-state index contributed by atoms with van der Waals surface area (Å²) in [7, 11) is 1.23. The van der Waals surface area contributed by atoms with Crippen LogP contribution in [0, 0.1) is 13.8 Å². The van der Waals surface area contributed by atoms with Gasteiger partial charge in [0.1, 0.15) is 13.2 Å². The molecule has 0 spiro atoms. The van der Waals surface area contributed by atoms with Crippen molar-refractivity contribution in [2.45, 2.75) is 20.0 Å². The van der Waals surface area contributed by atoms with E-state index in [2.05, 4.69) is 4.74 Å². The number of carbonyl (C=O) groups excluding carboxylic acids is 1.